The predicted octanol–water partition coefficient (Wildman–Crippen LogP) is -0.442. The summed E-state index contributed by atoms with van der Waals surface area (Å²) in [7, 11) is 0. The molecule has 1 aliphatic rings. The molecule has 0 atom stereocenters. The zero-order chi connectivity index (χ0) is 12.9. The van der Waals surface area contributed by atoms with Gasteiger partial charge in [0.05, 0.1) is 18.5 Å². The van der Waals surface area contributed by atoms with Crippen LogP contribution in [0.25, 0.3) is 0 Å². The average Bonchev–Trinajstić information content (AvgIpc) is 2.62. The highest BCUT2D eigenvalue weighted by atomic mass is 16.4. The molecule has 0 spiro atoms. The molecule has 1 rings (SSSR count). The van der Waals surface area contributed by atoms with E-state index in [2.05, 4.69) is 10.6 Å². The number of hydrogen-bond donors (Lipinski definition) is 4. The van der Waals surface area contributed by atoms with Gasteiger partial charge in [-0.15, -0.1) is 0 Å². The van der Waals surface area contributed by atoms with E-state index in [0.717, 1.165) is 12.8 Å². The SMILES string of the molecule is NC(=O)CNC(=O)NC1(CC(=O)O)CCCC1. The number of urea groups is 1. The van der Waals surface area contributed by atoms with Crippen molar-refractivity contribution in [1.29, 1.82) is 0 Å². The van der Waals surface area contributed by atoms with E-state index in [-0.39, 0.29) is 13.0 Å². The maximum Gasteiger partial charge on any atom is 0.315 e. The Morgan fingerprint density at radius 2 is 1.82 bits per heavy atom. The van der Waals surface area contributed by atoms with Gasteiger partial charge < -0.3 is 21.5 Å². The summed E-state index contributed by atoms with van der Waals surface area (Å²) in [5, 5.41) is 13.8. The van der Waals surface area contributed by atoms with Gasteiger partial charge in [-0.3, -0.25) is 9.59 Å². The first-order valence-electron chi connectivity index (χ1n) is 5.50. The number of rotatable bonds is 5. The molecule has 3 amide bonds. The number of nitrogens with one attached hydrogen (secondary N) is 2. The summed E-state index contributed by atoms with van der Waals surface area (Å²) in [6.07, 6.45) is 2.97. The minimum Gasteiger partial charge on any atom is -0.481 e. The molecule has 0 radical (unpaired) electrons. The summed E-state index contributed by atoms with van der Waals surface area (Å²) in [5.74, 6) is -1.58. The predicted molar refractivity (Wildman–Crippen MR) is 59.2 cm³/mol. The Morgan fingerprint density at radius 1 is 1.24 bits per heavy atom. The number of carbonyl (C=O) groups excluding carboxylic acids is 2. The molecule has 0 aromatic heterocycles. The highest BCUT2D eigenvalue weighted by Crippen LogP contribution is 2.32. The number of aliphatic carboxylic acids is 1. The third-order valence-electron chi connectivity index (χ3n) is 2.85. The fourth-order valence-corrected chi connectivity index (χ4v) is 2.14. The highest BCUT2D eigenvalue weighted by Gasteiger charge is 2.37. The quantitative estimate of drug-likeness (QED) is 0.522. The van der Waals surface area contributed by atoms with Crippen LogP contribution in [0.15, 0.2) is 0 Å². The van der Waals surface area contributed by atoms with Gasteiger partial charge in [-0.25, -0.2) is 4.79 Å². The van der Waals surface area contributed by atoms with Crippen LogP contribution >= 0.6 is 0 Å². The Morgan fingerprint density at radius 3 is 2.29 bits per heavy atom. The molecule has 0 unspecified atom stereocenters. The zero-order valence-electron chi connectivity index (χ0n) is 9.49. The molecule has 0 saturated heterocycles. The molecule has 7 nitrogen and oxygen atoms in total. The highest BCUT2D eigenvalue weighted by molar-refractivity contribution is 5.83. The molecule has 0 aliphatic heterocycles. The fraction of sp³-hybridized carbons (Fsp3) is 0.700. The molecule has 5 N–H and O–H groups in total. The van der Waals surface area contributed by atoms with Crippen LogP contribution in [-0.4, -0.2) is 35.1 Å². The molecule has 0 aromatic carbocycles. The number of carbonyl (C=O) groups is 3. The van der Waals surface area contributed by atoms with Crippen LogP contribution in [0.2, 0.25) is 0 Å². The van der Waals surface area contributed by atoms with Crippen molar-refractivity contribution in [2.24, 2.45) is 5.73 Å². The monoisotopic (exact) mass is 243 g/mol. The van der Waals surface area contributed by atoms with Gasteiger partial charge in [0.1, 0.15) is 0 Å². The second kappa shape index (κ2) is 5.51. The zero-order valence-corrected chi connectivity index (χ0v) is 9.49. The Balaban J connectivity index is 2.51. The first kappa shape index (κ1) is 13.3. The lowest BCUT2D eigenvalue weighted by atomic mass is 9.93. The molecule has 1 saturated carbocycles. The van der Waals surface area contributed by atoms with Gasteiger partial charge in [0.15, 0.2) is 0 Å². The first-order valence-corrected chi connectivity index (χ1v) is 5.50. The van der Waals surface area contributed by atoms with Crippen molar-refractivity contribution in [3.63, 3.8) is 0 Å². The molecule has 1 fully saturated rings. The molecule has 17 heavy (non-hydrogen) atoms. The van der Waals surface area contributed by atoms with Crippen molar-refractivity contribution < 1.29 is 19.5 Å². The van der Waals surface area contributed by atoms with Crippen LogP contribution < -0.4 is 16.4 Å². The van der Waals surface area contributed by atoms with Gasteiger partial charge in [0.2, 0.25) is 5.91 Å². The van der Waals surface area contributed by atoms with E-state index in [1.54, 1.807) is 0 Å². The van der Waals surface area contributed by atoms with Crippen molar-refractivity contribution in [2.45, 2.75) is 37.6 Å². The summed E-state index contributed by atoms with van der Waals surface area (Å²) in [4.78, 5) is 32.7. The Kier molecular flexibility index (Phi) is 4.30. The normalized spacial score (nSPS) is 17.4. The second-order valence-corrected chi connectivity index (χ2v) is 4.33. The minimum absolute atomic E-state index is 0.100. The summed E-state index contributed by atoms with van der Waals surface area (Å²) in [5.41, 5.74) is 4.20. The number of nitrogens with two attached hydrogens (primary N) is 1. The minimum atomic E-state index is -0.942. The van der Waals surface area contributed by atoms with Crippen LogP contribution in [0.3, 0.4) is 0 Å². The Hall–Kier alpha value is -1.79. The lowest BCUT2D eigenvalue weighted by Crippen LogP contribution is -2.52. The molecule has 0 aromatic rings. The number of amides is 3. The van der Waals surface area contributed by atoms with E-state index >= 15 is 0 Å². The first-order chi connectivity index (χ1) is 7.93. The van der Waals surface area contributed by atoms with Crippen molar-refractivity contribution in [2.75, 3.05) is 6.54 Å². The van der Waals surface area contributed by atoms with Crippen molar-refractivity contribution in [3.05, 3.63) is 0 Å². The number of carboxylic acid groups (broad SMARTS) is 1. The van der Waals surface area contributed by atoms with Crippen LogP contribution in [0.1, 0.15) is 32.1 Å². The third-order valence-corrected chi connectivity index (χ3v) is 2.85. The molecule has 96 valence electrons. The smallest absolute Gasteiger partial charge is 0.315 e. The maximum atomic E-state index is 11.5. The van der Waals surface area contributed by atoms with E-state index in [1.807, 2.05) is 0 Å². The number of hydrogen-bond acceptors (Lipinski definition) is 3. The van der Waals surface area contributed by atoms with Crippen molar-refractivity contribution >= 4 is 17.9 Å². The molecule has 1 aliphatic carbocycles. The van der Waals surface area contributed by atoms with Crippen molar-refractivity contribution in [3.8, 4) is 0 Å². The van der Waals surface area contributed by atoms with Gasteiger partial charge in [0.25, 0.3) is 0 Å². The van der Waals surface area contributed by atoms with E-state index in [9.17, 15) is 14.4 Å². The van der Waals surface area contributed by atoms with Crippen LogP contribution in [0.5, 0.6) is 0 Å². The van der Waals surface area contributed by atoms with Gasteiger partial charge in [0, 0.05) is 0 Å². The average molecular weight is 243 g/mol. The Labute approximate surface area is 98.7 Å². The van der Waals surface area contributed by atoms with Crippen molar-refractivity contribution in [1.82, 2.24) is 10.6 Å². The summed E-state index contributed by atoms with van der Waals surface area (Å²) in [6, 6.07) is -0.549. The second-order valence-electron chi connectivity index (χ2n) is 4.33. The lowest BCUT2D eigenvalue weighted by Gasteiger charge is -2.28. The third kappa shape index (κ3) is 4.29. The van der Waals surface area contributed by atoms with Gasteiger partial charge in [-0.2, -0.15) is 0 Å². The van der Waals surface area contributed by atoms with Crippen LogP contribution in [0, 0.1) is 0 Å². The van der Waals surface area contributed by atoms with Crippen LogP contribution in [-0.2, 0) is 9.59 Å². The number of primary amides is 1. The largest absolute Gasteiger partial charge is 0.481 e. The summed E-state index contributed by atoms with van der Waals surface area (Å²) < 4.78 is 0. The molecule has 7 heteroatoms. The lowest BCUT2D eigenvalue weighted by molar-refractivity contribution is -0.138. The topological polar surface area (TPSA) is 122 Å². The summed E-state index contributed by atoms with van der Waals surface area (Å²) in [6.45, 7) is -0.255. The molecule has 0 bridgehead atoms. The molecular formula is C10H17N3O4. The van der Waals surface area contributed by atoms with E-state index < -0.39 is 23.4 Å². The number of carboxylic acids is 1. The van der Waals surface area contributed by atoms with Gasteiger partial charge >= 0.3 is 12.0 Å². The van der Waals surface area contributed by atoms with Gasteiger partial charge in [-0.1, -0.05) is 12.8 Å². The van der Waals surface area contributed by atoms with Crippen LogP contribution in [0.4, 0.5) is 4.79 Å². The Bertz CT molecular complexity index is 324. The summed E-state index contributed by atoms with van der Waals surface area (Å²) >= 11 is 0. The van der Waals surface area contributed by atoms with Gasteiger partial charge in [-0.05, 0) is 12.8 Å². The standard InChI is InChI=1S/C10H17N3O4/c11-7(14)6-12-9(17)13-10(5-8(15)16)3-1-2-4-10/h1-6H2,(H2,11,14)(H,15,16)(H2,12,13,17). The molecule has 0 heterocycles. The van der Waals surface area contributed by atoms with E-state index in [1.165, 1.54) is 0 Å². The van der Waals surface area contributed by atoms with E-state index in [4.69, 9.17) is 10.8 Å². The fourth-order valence-electron chi connectivity index (χ4n) is 2.14. The maximum absolute atomic E-state index is 11.5. The molecular weight excluding hydrogens is 226 g/mol. The van der Waals surface area contributed by atoms with E-state index in [0.29, 0.717) is 12.8 Å².